The number of aryl methyl sites for hydroxylation is 2. The SMILES string of the molecule is CCCc1ccccc1NC1CCc2sc(Cl)cc21. The summed E-state index contributed by atoms with van der Waals surface area (Å²) in [4.78, 5) is 1.45. The van der Waals surface area contributed by atoms with E-state index in [1.807, 2.05) is 0 Å². The molecule has 1 aromatic heterocycles. The van der Waals surface area contributed by atoms with Crippen LogP contribution in [-0.2, 0) is 12.8 Å². The Bertz CT molecular complexity index is 576. The van der Waals surface area contributed by atoms with Gasteiger partial charge in [0.2, 0.25) is 0 Å². The Kier molecular flexibility index (Phi) is 3.81. The number of anilines is 1. The van der Waals surface area contributed by atoms with Gasteiger partial charge in [-0.25, -0.2) is 0 Å². The van der Waals surface area contributed by atoms with Crippen LogP contribution in [0.2, 0.25) is 4.34 Å². The lowest BCUT2D eigenvalue weighted by atomic mass is 10.1. The molecular formula is C16H18ClNS. The van der Waals surface area contributed by atoms with Gasteiger partial charge < -0.3 is 5.32 Å². The Hall–Kier alpha value is -0.990. The first-order chi connectivity index (χ1) is 9.28. The van der Waals surface area contributed by atoms with Crippen LogP contribution in [0.1, 0.15) is 41.8 Å². The lowest BCUT2D eigenvalue weighted by Crippen LogP contribution is -2.08. The molecule has 0 radical (unpaired) electrons. The monoisotopic (exact) mass is 291 g/mol. The quantitative estimate of drug-likeness (QED) is 0.789. The maximum absolute atomic E-state index is 6.12. The van der Waals surface area contributed by atoms with E-state index in [4.69, 9.17) is 11.6 Å². The lowest BCUT2D eigenvalue weighted by Gasteiger charge is -2.17. The van der Waals surface area contributed by atoms with Crippen molar-refractivity contribution in [3.8, 4) is 0 Å². The Labute approximate surface area is 123 Å². The van der Waals surface area contributed by atoms with Gasteiger partial charge in [-0.2, -0.15) is 0 Å². The minimum atomic E-state index is 0.428. The van der Waals surface area contributed by atoms with Crippen LogP contribution in [0.3, 0.4) is 0 Å². The molecule has 1 heterocycles. The van der Waals surface area contributed by atoms with Crippen molar-refractivity contribution in [2.75, 3.05) is 5.32 Å². The van der Waals surface area contributed by atoms with Gasteiger partial charge in [-0.3, -0.25) is 0 Å². The summed E-state index contributed by atoms with van der Waals surface area (Å²) in [6.07, 6.45) is 4.64. The summed E-state index contributed by atoms with van der Waals surface area (Å²) in [6.45, 7) is 2.23. The zero-order chi connectivity index (χ0) is 13.2. The number of halogens is 1. The van der Waals surface area contributed by atoms with Gasteiger partial charge in [0.05, 0.1) is 10.4 Å². The van der Waals surface area contributed by atoms with Gasteiger partial charge in [0.25, 0.3) is 0 Å². The number of rotatable bonds is 4. The molecule has 0 fully saturated rings. The summed E-state index contributed by atoms with van der Waals surface area (Å²) in [5.74, 6) is 0. The zero-order valence-corrected chi connectivity index (χ0v) is 12.7. The molecule has 3 rings (SSSR count). The second-order valence-corrected chi connectivity index (χ2v) is 6.84. The van der Waals surface area contributed by atoms with Crippen LogP contribution in [0, 0.1) is 0 Å². The highest BCUT2D eigenvalue weighted by Gasteiger charge is 2.25. The highest BCUT2D eigenvalue weighted by atomic mass is 35.5. The third kappa shape index (κ3) is 2.65. The molecule has 3 heteroatoms. The Morgan fingerprint density at radius 2 is 2.21 bits per heavy atom. The molecule has 2 aromatic rings. The molecule has 0 saturated carbocycles. The average Bonchev–Trinajstić information content (AvgIpc) is 2.93. The number of thiophene rings is 1. The minimum absolute atomic E-state index is 0.428. The number of fused-ring (bicyclic) bond motifs is 1. The van der Waals surface area contributed by atoms with Crippen molar-refractivity contribution in [3.05, 3.63) is 50.7 Å². The van der Waals surface area contributed by atoms with Gasteiger partial charge in [-0.1, -0.05) is 43.1 Å². The number of hydrogen-bond donors (Lipinski definition) is 1. The first-order valence-electron chi connectivity index (χ1n) is 6.90. The van der Waals surface area contributed by atoms with E-state index in [2.05, 4.69) is 42.6 Å². The molecule has 1 nitrogen and oxygen atoms in total. The summed E-state index contributed by atoms with van der Waals surface area (Å²) < 4.78 is 0.915. The van der Waals surface area contributed by atoms with Crippen LogP contribution >= 0.6 is 22.9 Å². The van der Waals surface area contributed by atoms with Crippen molar-refractivity contribution in [2.24, 2.45) is 0 Å². The first-order valence-corrected chi connectivity index (χ1v) is 8.10. The van der Waals surface area contributed by atoms with Crippen LogP contribution in [0.5, 0.6) is 0 Å². The van der Waals surface area contributed by atoms with E-state index >= 15 is 0 Å². The maximum Gasteiger partial charge on any atom is 0.0934 e. The third-order valence-electron chi connectivity index (χ3n) is 3.71. The number of nitrogens with one attached hydrogen (secondary N) is 1. The van der Waals surface area contributed by atoms with Gasteiger partial charge in [0.1, 0.15) is 0 Å². The molecular weight excluding hydrogens is 274 g/mol. The molecule has 1 unspecified atom stereocenters. The van der Waals surface area contributed by atoms with Gasteiger partial charge in [0.15, 0.2) is 0 Å². The first kappa shape index (κ1) is 13.0. The molecule has 0 aliphatic heterocycles. The molecule has 100 valence electrons. The topological polar surface area (TPSA) is 12.0 Å². The second kappa shape index (κ2) is 5.56. The average molecular weight is 292 g/mol. The fraction of sp³-hybridized carbons (Fsp3) is 0.375. The van der Waals surface area contributed by atoms with E-state index in [1.54, 1.807) is 11.3 Å². The van der Waals surface area contributed by atoms with Crippen LogP contribution < -0.4 is 5.32 Å². The molecule has 1 N–H and O–H groups in total. The van der Waals surface area contributed by atoms with Gasteiger partial charge >= 0.3 is 0 Å². The smallest absolute Gasteiger partial charge is 0.0934 e. The number of para-hydroxylation sites is 1. The van der Waals surface area contributed by atoms with E-state index in [0.717, 1.165) is 17.2 Å². The van der Waals surface area contributed by atoms with E-state index in [0.29, 0.717) is 6.04 Å². The van der Waals surface area contributed by atoms with Crippen molar-refractivity contribution in [2.45, 2.75) is 38.6 Å². The van der Waals surface area contributed by atoms with Crippen LogP contribution in [0.4, 0.5) is 5.69 Å². The fourth-order valence-corrected chi connectivity index (χ4v) is 4.17. The molecule has 1 aliphatic rings. The summed E-state index contributed by atoms with van der Waals surface area (Å²) in [6, 6.07) is 11.2. The van der Waals surface area contributed by atoms with Crippen molar-refractivity contribution in [1.82, 2.24) is 0 Å². The van der Waals surface area contributed by atoms with E-state index in [1.165, 1.54) is 34.5 Å². The third-order valence-corrected chi connectivity index (χ3v) is 5.05. The Morgan fingerprint density at radius 3 is 3.05 bits per heavy atom. The van der Waals surface area contributed by atoms with Gasteiger partial charge in [-0.05, 0) is 42.5 Å². The maximum atomic E-state index is 6.12. The fourth-order valence-electron chi connectivity index (χ4n) is 2.82. The molecule has 0 saturated heterocycles. The normalized spacial score (nSPS) is 17.5. The van der Waals surface area contributed by atoms with Crippen LogP contribution in [-0.4, -0.2) is 0 Å². The summed E-state index contributed by atoms with van der Waals surface area (Å²) in [5, 5.41) is 3.71. The number of benzene rings is 1. The summed E-state index contributed by atoms with van der Waals surface area (Å²) in [5.41, 5.74) is 4.10. The van der Waals surface area contributed by atoms with Gasteiger partial charge in [0, 0.05) is 10.6 Å². The molecule has 0 amide bonds. The molecule has 1 aromatic carbocycles. The predicted molar refractivity (Wildman–Crippen MR) is 84.5 cm³/mol. The molecule has 19 heavy (non-hydrogen) atoms. The van der Waals surface area contributed by atoms with E-state index in [9.17, 15) is 0 Å². The van der Waals surface area contributed by atoms with E-state index < -0.39 is 0 Å². The molecule has 0 spiro atoms. The van der Waals surface area contributed by atoms with Crippen molar-refractivity contribution < 1.29 is 0 Å². The standard InChI is InChI=1S/C16H18ClNS/c1-2-5-11-6-3-4-7-13(11)18-14-8-9-15-12(14)10-16(17)19-15/h3-4,6-7,10,14,18H,2,5,8-9H2,1H3. The van der Waals surface area contributed by atoms with Crippen LogP contribution in [0.25, 0.3) is 0 Å². The Balaban J connectivity index is 1.83. The summed E-state index contributed by atoms with van der Waals surface area (Å²) in [7, 11) is 0. The molecule has 0 bridgehead atoms. The zero-order valence-electron chi connectivity index (χ0n) is 11.1. The molecule has 1 atom stereocenters. The highest BCUT2D eigenvalue weighted by Crippen LogP contribution is 2.41. The van der Waals surface area contributed by atoms with Crippen molar-refractivity contribution in [1.29, 1.82) is 0 Å². The van der Waals surface area contributed by atoms with Crippen molar-refractivity contribution >= 4 is 28.6 Å². The summed E-state index contributed by atoms with van der Waals surface area (Å²) >= 11 is 7.85. The van der Waals surface area contributed by atoms with Crippen molar-refractivity contribution in [3.63, 3.8) is 0 Å². The van der Waals surface area contributed by atoms with E-state index in [-0.39, 0.29) is 0 Å². The Morgan fingerprint density at radius 1 is 1.37 bits per heavy atom. The minimum Gasteiger partial charge on any atom is -0.378 e. The lowest BCUT2D eigenvalue weighted by molar-refractivity contribution is 0.759. The molecule has 1 aliphatic carbocycles. The second-order valence-electron chi connectivity index (χ2n) is 5.07. The largest absolute Gasteiger partial charge is 0.378 e. The number of hydrogen-bond acceptors (Lipinski definition) is 2. The van der Waals surface area contributed by atoms with Gasteiger partial charge in [-0.15, -0.1) is 11.3 Å². The van der Waals surface area contributed by atoms with Crippen LogP contribution in [0.15, 0.2) is 30.3 Å². The highest BCUT2D eigenvalue weighted by molar-refractivity contribution is 7.16. The predicted octanol–water partition coefficient (Wildman–Crippen LogP) is 5.45.